The van der Waals surface area contributed by atoms with Gasteiger partial charge in [-0.05, 0) is 37.0 Å². The largest absolute Gasteiger partial charge is 0.393 e. The summed E-state index contributed by atoms with van der Waals surface area (Å²) in [7, 11) is 0. The van der Waals surface area contributed by atoms with Crippen molar-refractivity contribution in [1.29, 1.82) is 0 Å². The van der Waals surface area contributed by atoms with E-state index in [-0.39, 0.29) is 17.9 Å². The van der Waals surface area contributed by atoms with Crippen LogP contribution in [0.15, 0.2) is 22.7 Å². The van der Waals surface area contributed by atoms with Gasteiger partial charge in [-0.1, -0.05) is 27.5 Å². The Kier molecular flexibility index (Phi) is 3.58. The molecule has 19 heavy (non-hydrogen) atoms. The maximum atomic E-state index is 12.5. The second-order valence-electron chi connectivity index (χ2n) is 5.44. The van der Waals surface area contributed by atoms with Gasteiger partial charge in [-0.25, -0.2) is 0 Å². The number of hydrogen-bond acceptors (Lipinski definition) is 2. The van der Waals surface area contributed by atoms with Gasteiger partial charge in [0.2, 0.25) is 0 Å². The van der Waals surface area contributed by atoms with Crippen molar-refractivity contribution in [2.75, 3.05) is 13.1 Å². The van der Waals surface area contributed by atoms with Crippen molar-refractivity contribution < 1.29 is 9.90 Å². The van der Waals surface area contributed by atoms with Crippen molar-refractivity contribution in [2.24, 2.45) is 11.8 Å². The summed E-state index contributed by atoms with van der Waals surface area (Å²) in [6.45, 7) is 1.42. The quantitative estimate of drug-likeness (QED) is 0.851. The highest BCUT2D eigenvalue weighted by molar-refractivity contribution is 9.10. The number of rotatable bonds is 1. The Bertz CT molecular complexity index is 502. The zero-order chi connectivity index (χ0) is 13.6. The first-order chi connectivity index (χ1) is 9.04. The van der Waals surface area contributed by atoms with E-state index in [9.17, 15) is 9.90 Å². The molecule has 2 aliphatic rings. The van der Waals surface area contributed by atoms with Gasteiger partial charge in [-0.3, -0.25) is 4.79 Å². The molecular weight excluding hydrogens is 330 g/mol. The van der Waals surface area contributed by atoms with Crippen LogP contribution in [-0.2, 0) is 0 Å². The highest BCUT2D eigenvalue weighted by atomic mass is 79.9. The molecule has 1 aliphatic carbocycles. The number of hydrogen-bond donors (Lipinski definition) is 1. The van der Waals surface area contributed by atoms with Crippen LogP contribution >= 0.6 is 27.5 Å². The Hall–Kier alpha value is -0.580. The van der Waals surface area contributed by atoms with Crippen molar-refractivity contribution in [1.82, 2.24) is 4.90 Å². The first-order valence-corrected chi connectivity index (χ1v) is 7.65. The average Bonchev–Trinajstić information content (AvgIpc) is 2.90. The van der Waals surface area contributed by atoms with E-state index < -0.39 is 0 Å². The summed E-state index contributed by atoms with van der Waals surface area (Å²) in [6, 6.07) is 5.25. The first kappa shape index (κ1) is 13.4. The Morgan fingerprint density at radius 2 is 2.11 bits per heavy atom. The smallest absolute Gasteiger partial charge is 0.253 e. The lowest BCUT2D eigenvalue weighted by atomic mass is 10.00. The number of carbonyl (C=O) groups is 1. The monoisotopic (exact) mass is 343 g/mol. The number of aliphatic hydroxyl groups is 1. The lowest BCUT2D eigenvalue weighted by Crippen LogP contribution is -2.31. The number of carbonyl (C=O) groups excluding carboxylic acids is 1. The minimum Gasteiger partial charge on any atom is -0.393 e. The molecule has 3 unspecified atom stereocenters. The second-order valence-corrected chi connectivity index (χ2v) is 6.79. The van der Waals surface area contributed by atoms with Gasteiger partial charge in [0, 0.05) is 34.1 Å². The van der Waals surface area contributed by atoms with E-state index in [0.29, 0.717) is 23.0 Å². The maximum absolute atomic E-state index is 12.5. The van der Waals surface area contributed by atoms with Crippen LogP contribution in [0.25, 0.3) is 0 Å². The first-order valence-electron chi connectivity index (χ1n) is 6.48. The molecule has 1 N–H and O–H groups in total. The van der Waals surface area contributed by atoms with Gasteiger partial charge in [0.05, 0.1) is 6.10 Å². The summed E-state index contributed by atoms with van der Waals surface area (Å²) in [4.78, 5) is 14.3. The zero-order valence-electron chi connectivity index (χ0n) is 10.4. The van der Waals surface area contributed by atoms with Gasteiger partial charge in [0.15, 0.2) is 0 Å². The number of fused-ring (bicyclic) bond motifs is 1. The normalized spacial score (nSPS) is 29.6. The number of aliphatic hydroxyl groups excluding tert-OH is 1. The fourth-order valence-electron chi connectivity index (χ4n) is 3.26. The van der Waals surface area contributed by atoms with Gasteiger partial charge in [0.25, 0.3) is 5.91 Å². The molecule has 1 saturated heterocycles. The molecule has 1 saturated carbocycles. The number of amides is 1. The van der Waals surface area contributed by atoms with Gasteiger partial charge in [0.1, 0.15) is 0 Å². The maximum Gasteiger partial charge on any atom is 0.253 e. The molecule has 2 fully saturated rings. The standard InChI is InChI=1S/C14H15BrClNO2/c15-10-3-9(4-11(16)5-10)14(19)17-6-8-1-2-13(18)12(8)7-17/h3-5,8,12-13,18H,1-2,6-7H2. The lowest BCUT2D eigenvalue weighted by molar-refractivity contribution is 0.0752. The van der Waals surface area contributed by atoms with Gasteiger partial charge >= 0.3 is 0 Å². The topological polar surface area (TPSA) is 40.5 Å². The summed E-state index contributed by atoms with van der Waals surface area (Å²) < 4.78 is 0.808. The molecule has 1 amide bonds. The summed E-state index contributed by atoms with van der Waals surface area (Å²) >= 11 is 9.33. The van der Waals surface area contributed by atoms with E-state index in [1.807, 2.05) is 4.90 Å². The molecule has 3 nitrogen and oxygen atoms in total. The van der Waals surface area contributed by atoms with Crippen molar-refractivity contribution in [3.05, 3.63) is 33.3 Å². The highest BCUT2D eigenvalue weighted by Gasteiger charge is 2.43. The predicted octanol–water partition coefficient (Wildman–Crippen LogP) is 2.95. The van der Waals surface area contributed by atoms with Crippen LogP contribution in [0.4, 0.5) is 0 Å². The Labute approximate surface area is 125 Å². The van der Waals surface area contributed by atoms with Crippen molar-refractivity contribution in [3.8, 4) is 0 Å². The number of likely N-dealkylation sites (tertiary alicyclic amines) is 1. The lowest BCUT2D eigenvalue weighted by Gasteiger charge is -2.18. The fraction of sp³-hybridized carbons (Fsp3) is 0.500. The molecule has 1 heterocycles. The zero-order valence-corrected chi connectivity index (χ0v) is 12.7. The molecule has 5 heteroatoms. The minimum atomic E-state index is -0.242. The van der Waals surface area contributed by atoms with Crippen LogP contribution in [0.1, 0.15) is 23.2 Å². The highest BCUT2D eigenvalue weighted by Crippen LogP contribution is 2.38. The van der Waals surface area contributed by atoms with Gasteiger partial charge in [-0.15, -0.1) is 0 Å². The average molecular weight is 345 g/mol. The van der Waals surface area contributed by atoms with E-state index in [4.69, 9.17) is 11.6 Å². The second kappa shape index (κ2) is 5.08. The third-order valence-electron chi connectivity index (χ3n) is 4.22. The van der Waals surface area contributed by atoms with Crippen LogP contribution in [0.5, 0.6) is 0 Å². The molecule has 0 spiro atoms. The summed E-state index contributed by atoms with van der Waals surface area (Å²) in [5.41, 5.74) is 0.605. The fourth-order valence-corrected chi connectivity index (χ4v) is 4.12. The van der Waals surface area contributed by atoms with E-state index >= 15 is 0 Å². The predicted molar refractivity (Wildman–Crippen MR) is 77.3 cm³/mol. The van der Waals surface area contributed by atoms with Crippen LogP contribution in [-0.4, -0.2) is 35.1 Å². The molecular formula is C14H15BrClNO2. The molecule has 1 aromatic carbocycles. The third-order valence-corrected chi connectivity index (χ3v) is 4.89. The van der Waals surface area contributed by atoms with Crippen LogP contribution in [0, 0.1) is 11.8 Å². The molecule has 102 valence electrons. The molecule has 3 atom stereocenters. The Balaban J connectivity index is 1.78. The summed E-state index contributed by atoms with van der Waals surface area (Å²) in [6.07, 6.45) is 1.66. The van der Waals surface area contributed by atoms with Crippen LogP contribution in [0.2, 0.25) is 5.02 Å². The van der Waals surface area contributed by atoms with Crippen molar-refractivity contribution >= 4 is 33.4 Å². The molecule has 1 aromatic rings. The van der Waals surface area contributed by atoms with E-state index in [2.05, 4.69) is 15.9 Å². The Morgan fingerprint density at radius 3 is 2.79 bits per heavy atom. The molecule has 0 bridgehead atoms. The van der Waals surface area contributed by atoms with E-state index in [1.165, 1.54) is 0 Å². The molecule has 0 radical (unpaired) electrons. The van der Waals surface area contributed by atoms with E-state index in [1.54, 1.807) is 18.2 Å². The SMILES string of the molecule is O=C(c1cc(Cl)cc(Br)c1)N1CC2CCC(O)C2C1. The molecule has 3 rings (SSSR count). The molecule has 0 aromatic heterocycles. The number of benzene rings is 1. The van der Waals surface area contributed by atoms with Crippen molar-refractivity contribution in [2.45, 2.75) is 18.9 Å². The third kappa shape index (κ3) is 2.54. The van der Waals surface area contributed by atoms with Crippen LogP contribution in [0.3, 0.4) is 0 Å². The van der Waals surface area contributed by atoms with E-state index in [0.717, 1.165) is 23.9 Å². The summed E-state index contributed by atoms with van der Waals surface area (Å²) in [5, 5.41) is 10.4. The minimum absolute atomic E-state index is 0.00444. The summed E-state index contributed by atoms with van der Waals surface area (Å²) in [5.74, 6) is 0.720. The van der Waals surface area contributed by atoms with Gasteiger partial charge < -0.3 is 10.0 Å². The van der Waals surface area contributed by atoms with Crippen LogP contribution < -0.4 is 0 Å². The number of halogens is 2. The molecule has 1 aliphatic heterocycles. The number of nitrogens with zero attached hydrogens (tertiary/aromatic N) is 1. The van der Waals surface area contributed by atoms with Crippen molar-refractivity contribution in [3.63, 3.8) is 0 Å². The Morgan fingerprint density at radius 1 is 1.32 bits per heavy atom. The van der Waals surface area contributed by atoms with Gasteiger partial charge in [-0.2, -0.15) is 0 Å².